The average molecular weight is 201 g/mol. The maximum absolute atomic E-state index is 9.29. The van der Waals surface area contributed by atoms with Crippen molar-refractivity contribution in [2.24, 2.45) is 5.41 Å². The standard InChI is InChI=1S/C13H15NO/c1-12(2)8-13(12,9-14)10-4-6-11(15-3)7-5-10/h4-7H,8H2,1-3H3. The molecule has 1 aliphatic carbocycles. The van der Waals surface area contributed by atoms with Gasteiger partial charge >= 0.3 is 0 Å². The maximum atomic E-state index is 9.29. The third kappa shape index (κ3) is 1.31. The van der Waals surface area contributed by atoms with Crippen LogP contribution in [0.3, 0.4) is 0 Å². The molecule has 2 rings (SSSR count). The van der Waals surface area contributed by atoms with Crippen molar-refractivity contribution in [3.05, 3.63) is 29.8 Å². The summed E-state index contributed by atoms with van der Waals surface area (Å²) in [4.78, 5) is 0. The number of nitriles is 1. The molecule has 1 saturated carbocycles. The third-order valence-electron chi connectivity index (χ3n) is 3.51. The maximum Gasteiger partial charge on any atom is 0.118 e. The van der Waals surface area contributed by atoms with E-state index < -0.39 is 0 Å². The Balaban J connectivity index is 2.36. The second-order valence-corrected chi connectivity index (χ2v) is 4.81. The van der Waals surface area contributed by atoms with E-state index in [0.29, 0.717) is 0 Å². The number of nitrogens with zero attached hydrogens (tertiary/aromatic N) is 1. The first-order chi connectivity index (χ1) is 7.05. The molecule has 1 aromatic carbocycles. The molecule has 0 amide bonds. The van der Waals surface area contributed by atoms with E-state index in [0.717, 1.165) is 17.7 Å². The van der Waals surface area contributed by atoms with Gasteiger partial charge in [-0.2, -0.15) is 5.26 Å². The van der Waals surface area contributed by atoms with Crippen molar-refractivity contribution in [2.45, 2.75) is 25.7 Å². The van der Waals surface area contributed by atoms with Gasteiger partial charge in [-0.3, -0.25) is 0 Å². The first kappa shape index (κ1) is 10.0. The summed E-state index contributed by atoms with van der Waals surface area (Å²) < 4.78 is 5.10. The molecule has 1 unspecified atom stereocenters. The quantitative estimate of drug-likeness (QED) is 0.737. The minimum Gasteiger partial charge on any atom is -0.497 e. The van der Waals surface area contributed by atoms with Crippen LogP contribution in [-0.4, -0.2) is 7.11 Å². The van der Waals surface area contributed by atoms with Crippen LogP contribution < -0.4 is 4.74 Å². The van der Waals surface area contributed by atoms with Gasteiger partial charge < -0.3 is 4.74 Å². The van der Waals surface area contributed by atoms with E-state index in [4.69, 9.17) is 4.74 Å². The molecule has 1 fully saturated rings. The van der Waals surface area contributed by atoms with Crippen molar-refractivity contribution in [2.75, 3.05) is 7.11 Å². The van der Waals surface area contributed by atoms with Crippen LogP contribution in [0.2, 0.25) is 0 Å². The molecule has 15 heavy (non-hydrogen) atoms. The van der Waals surface area contributed by atoms with E-state index in [1.54, 1.807) is 7.11 Å². The smallest absolute Gasteiger partial charge is 0.118 e. The van der Waals surface area contributed by atoms with Crippen LogP contribution in [0, 0.1) is 16.7 Å². The second kappa shape index (κ2) is 3.00. The first-order valence-corrected chi connectivity index (χ1v) is 5.11. The zero-order valence-electron chi connectivity index (χ0n) is 9.37. The molecule has 1 aromatic rings. The Labute approximate surface area is 90.5 Å². The lowest BCUT2D eigenvalue weighted by Gasteiger charge is -2.12. The highest BCUT2D eigenvalue weighted by Gasteiger charge is 2.62. The lowest BCUT2D eigenvalue weighted by Crippen LogP contribution is -2.11. The normalized spacial score (nSPS) is 26.8. The van der Waals surface area contributed by atoms with E-state index in [-0.39, 0.29) is 10.8 Å². The van der Waals surface area contributed by atoms with E-state index in [1.165, 1.54) is 0 Å². The zero-order chi connectivity index (χ0) is 11.1. The highest BCUT2D eigenvalue weighted by molar-refractivity contribution is 5.46. The number of benzene rings is 1. The van der Waals surface area contributed by atoms with Crippen molar-refractivity contribution >= 4 is 0 Å². The van der Waals surface area contributed by atoms with Gasteiger partial charge in [0.2, 0.25) is 0 Å². The van der Waals surface area contributed by atoms with Gasteiger partial charge in [-0.15, -0.1) is 0 Å². The lowest BCUT2D eigenvalue weighted by molar-refractivity contribution is 0.414. The Bertz CT molecular complexity index is 413. The predicted octanol–water partition coefficient (Wildman–Crippen LogP) is 2.89. The Hall–Kier alpha value is -1.49. The first-order valence-electron chi connectivity index (χ1n) is 5.11. The van der Waals surface area contributed by atoms with Crippen LogP contribution in [0.1, 0.15) is 25.8 Å². The molecule has 0 spiro atoms. The van der Waals surface area contributed by atoms with Gasteiger partial charge in [0.25, 0.3) is 0 Å². The Morgan fingerprint density at radius 2 is 1.80 bits per heavy atom. The van der Waals surface area contributed by atoms with Crippen LogP contribution in [-0.2, 0) is 5.41 Å². The molecule has 2 nitrogen and oxygen atoms in total. The van der Waals surface area contributed by atoms with Gasteiger partial charge in [-0.1, -0.05) is 26.0 Å². The molecule has 0 heterocycles. The summed E-state index contributed by atoms with van der Waals surface area (Å²) in [7, 11) is 1.65. The molecular weight excluding hydrogens is 186 g/mol. The number of methoxy groups -OCH3 is 1. The summed E-state index contributed by atoms with van der Waals surface area (Å²) in [6.45, 7) is 4.28. The molecule has 0 aromatic heterocycles. The number of rotatable bonds is 2. The van der Waals surface area contributed by atoms with Gasteiger partial charge in [0, 0.05) is 0 Å². The number of hydrogen-bond donors (Lipinski definition) is 0. The van der Waals surface area contributed by atoms with Crippen LogP contribution in [0.25, 0.3) is 0 Å². The average Bonchev–Trinajstić information content (AvgIpc) is 2.82. The summed E-state index contributed by atoms with van der Waals surface area (Å²) >= 11 is 0. The van der Waals surface area contributed by atoms with E-state index in [2.05, 4.69) is 19.9 Å². The summed E-state index contributed by atoms with van der Waals surface area (Å²) in [5, 5.41) is 9.29. The fraction of sp³-hybridized carbons (Fsp3) is 0.462. The van der Waals surface area contributed by atoms with Gasteiger partial charge in [0.1, 0.15) is 5.75 Å². The molecule has 1 atom stereocenters. The van der Waals surface area contributed by atoms with Crippen molar-refractivity contribution in [1.29, 1.82) is 5.26 Å². The molecule has 2 heteroatoms. The molecule has 78 valence electrons. The van der Waals surface area contributed by atoms with E-state index in [1.807, 2.05) is 24.3 Å². The minimum absolute atomic E-state index is 0.107. The molecule has 0 saturated heterocycles. The Morgan fingerprint density at radius 1 is 1.27 bits per heavy atom. The molecule has 0 radical (unpaired) electrons. The van der Waals surface area contributed by atoms with Crippen LogP contribution in [0.15, 0.2) is 24.3 Å². The zero-order valence-corrected chi connectivity index (χ0v) is 9.37. The van der Waals surface area contributed by atoms with E-state index in [9.17, 15) is 5.26 Å². The molecular formula is C13H15NO. The number of hydrogen-bond acceptors (Lipinski definition) is 2. The summed E-state index contributed by atoms with van der Waals surface area (Å²) in [5.41, 5.74) is 0.936. The van der Waals surface area contributed by atoms with Crippen LogP contribution in [0.5, 0.6) is 5.75 Å². The number of ether oxygens (including phenoxy) is 1. The lowest BCUT2D eigenvalue weighted by atomic mass is 9.89. The molecule has 1 aliphatic rings. The second-order valence-electron chi connectivity index (χ2n) is 4.81. The monoisotopic (exact) mass is 201 g/mol. The highest BCUT2D eigenvalue weighted by atomic mass is 16.5. The highest BCUT2D eigenvalue weighted by Crippen LogP contribution is 2.63. The molecule has 0 N–H and O–H groups in total. The van der Waals surface area contributed by atoms with E-state index >= 15 is 0 Å². The largest absolute Gasteiger partial charge is 0.497 e. The van der Waals surface area contributed by atoms with Crippen molar-refractivity contribution in [3.63, 3.8) is 0 Å². The SMILES string of the molecule is COc1ccc(C2(C#N)CC2(C)C)cc1. The summed E-state index contributed by atoms with van der Waals surface area (Å²) in [5.74, 6) is 0.838. The topological polar surface area (TPSA) is 33.0 Å². The fourth-order valence-electron chi connectivity index (χ4n) is 2.24. The predicted molar refractivity (Wildman–Crippen MR) is 58.7 cm³/mol. The van der Waals surface area contributed by atoms with Crippen LogP contribution >= 0.6 is 0 Å². The van der Waals surface area contributed by atoms with Gasteiger partial charge in [0.15, 0.2) is 0 Å². The molecule has 0 aliphatic heterocycles. The fourth-order valence-corrected chi connectivity index (χ4v) is 2.24. The summed E-state index contributed by atoms with van der Waals surface area (Å²) in [6, 6.07) is 10.3. The Kier molecular flexibility index (Phi) is 2.01. The van der Waals surface area contributed by atoms with Gasteiger partial charge in [-0.25, -0.2) is 0 Å². The minimum atomic E-state index is -0.279. The van der Waals surface area contributed by atoms with Crippen molar-refractivity contribution in [3.8, 4) is 11.8 Å². The van der Waals surface area contributed by atoms with Gasteiger partial charge in [0.05, 0.1) is 18.6 Å². The molecule has 0 bridgehead atoms. The van der Waals surface area contributed by atoms with Crippen LogP contribution in [0.4, 0.5) is 0 Å². The Morgan fingerprint density at radius 3 is 2.13 bits per heavy atom. The van der Waals surface area contributed by atoms with Gasteiger partial charge in [-0.05, 0) is 29.5 Å². The van der Waals surface area contributed by atoms with Crippen molar-refractivity contribution in [1.82, 2.24) is 0 Å². The summed E-state index contributed by atoms with van der Waals surface area (Å²) in [6.07, 6.45) is 0.947. The third-order valence-corrected chi connectivity index (χ3v) is 3.51. The van der Waals surface area contributed by atoms with Crippen molar-refractivity contribution < 1.29 is 4.74 Å².